The van der Waals surface area contributed by atoms with Gasteiger partial charge in [-0.05, 0) is 37.1 Å². The first-order valence-electron chi connectivity index (χ1n) is 6.50. The maximum Gasteiger partial charge on any atom is 0.233 e. The van der Waals surface area contributed by atoms with Crippen LogP contribution in [0.3, 0.4) is 0 Å². The average molecular weight is 335 g/mol. The Bertz CT molecular complexity index is 594. The van der Waals surface area contributed by atoms with E-state index in [1.807, 2.05) is 24.3 Å². The van der Waals surface area contributed by atoms with Crippen LogP contribution < -0.4 is 16.0 Å². The molecule has 7 heteroatoms. The molecule has 0 amide bonds. The normalized spacial score (nSPS) is 14.6. The Morgan fingerprint density at radius 2 is 1.75 bits per heavy atom. The molecule has 0 unspecified atom stereocenters. The summed E-state index contributed by atoms with van der Waals surface area (Å²) < 4.78 is 1.02. The van der Waals surface area contributed by atoms with Crippen LogP contribution in [0.4, 0.5) is 23.5 Å². The van der Waals surface area contributed by atoms with Crippen molar-refractivity contribution >= 4 is 39.5 Å². The molecule has 0 radical (unpaired) electrons. The second-order valence-corrected chi connectivity index (χ2v) is 5.56. The minimum Gasteiger partial charge on any atom is -0.368 e. The fourth-order valence-corrected chi connectivity index (χ4v) is 2.42. The van der Waals surface area contributed by atoms with Gasteiger partial charge in [0.15, 0.2) is 0 Å². The Hall–Kier alpha value is -1.89. The van der Waals surface area contributed by atoms with E-state index in [0.717, 1.165) is 23.2 Å². The summed E-state index contributed by atoms with van der Waals surface area (Å²) in [4.78, 5) is 14.9. The van der Waals surface area contributed by atoms with Crippen LogP contribution in [0.15, 0.2) is 28.7 Å². The molecule has 1 saturated heterocycles. The zero-order valence-corrected chi connectivity index (χ0v) is 12.5. The Balaban J connectivity index is 1.83. The van der Waals surface area contributed by atoms with Crippen molar-refractivity contribution in [3.05, 3.63) is 28.7 Å². The zero-order chi connectivity index (χ0) is 13.9. The van der Waals surface area contributed by atoms with Crippen molar-refractivity contribution in [1.29, 1.82) is 0 Å². The van der Waals surface area contributed by atoms with E-state index >= 15 is 0 Å². The topological polar surface area (TPSA) is 80.0 Å². The largest absolute Gasteiger partial charge is 0.368 e. The smallest absolute Gasteiger partial charge is 0.233 e. The number of hydrogen-bond acceptors (Lipinski definition) is 6. The minimum absolute atomic E-state index is 0.238. The van der Waals surface area contributed by atoms with Crippen LogP contribution in [-0.2, 0) is 0 Å². The van der Waals surface area contributed by atoms with Crippen molar-refractivity contribution in [3.63, 3.8) is 0 Å². The Morgan fingerprint density at radius 1 is 1.05 bits per heavy atom. The van der Waals surface area contributed by atoms with Gasteiger partial charge in [0, 0.05) is 23.2 Å². The molecule has 1 aliphatic heterocycles. The lowest BCUT2D eigenvalue weighted by Crippen LogP contribution is -2.21. The molecule has 2 aromatic rings. The highest BCUT2D eigenvalue weighted by molar-refractivity contribution is 9.10. The van der Waals surface area contributed by atoms with Gasteiger partial charge in [-0.2, -0.15) is 15.0 Å². The van der Waals surface area contributed by atoms with Crippen LogP contribution in [0.5, 0.6) is 0 Å². The molecule has 3 rings (SSSR count). The molecule has 1 aliphatic rings. The summed E-state index contributed by atoms with van der Waals surface area (Å²) in [6.45, 7) is 1.95. The first-order chi connectivity index (χ1) is 9.70. The van der Waals surface area contributed by atoms with E-state index in [-0.39, 0.29) is 5.95 Å². The second-order valence-electron chi connectivity index (χ2n) is 4.64. The van der Waals surface area contributed by atoms with Crippen LogP contribution in [0.25, 0.3) is 0 Å². The van der Waals surface area contributed by atoms with Gasteiger partial charge in [-0.15, -0.1) is 0 Å². The molecule has 0 aliphatic carbocycles. The summed E-state index contributed by atoms with van der Waals surface area (Å²) in [6.07, 6.45) is 2.34. The fourth-order valence-electron chi connectivity index (χ4n) is 2.16. The SMILES string of the molecule is Nc1nc(Nc2ccc(Br)cc2)nc(N2CCCC2)n1. The third-order valence-electron chi connectivity index (χ3n) is 3.13. The molecular weight excluding hydrogens is 320 g/mol. The number of nitrogens with two attached hydrogens (primary N) is 1. The molecule has 20 heavy (non-hydrogen) atoms. The first-order valence-corrected chi connectivity index (χ1v) is 7.29. The second kappa shape index (κ2) is 5.62. The third-order valence-corrected chi connectivity index (χ3v) is 3.66. The average Bonchev–Trinajstić information content (AvgIpc) is 2.95. The van der Waals surface area contributed by atoms with Gasteiger partial charge in [0.2, 0.25) is 17.8 Å². The van der Waals surface area contributed by atoms with Crippen molar-refractivity contribution in [2.24, 2.45) is 0 Å². The van der Waals surface area contributed by atoms with Crippen molar-refractivity contribution < 1.29 is 0 Å². The van der Waals surface area contributed by atoms with Gasteiger partial charge in [0.25, 0.3) is 0 Å². The van der Waals surface area contributed by atoms with Gasteiger partial charge in [-0.3, -0.25) is 0 Å². The molecule has 1 fully saturated rings. The van der Waals surface area contributed by atoms with E-state index in [1.165, 1.54) is 12.8 Å². The van der Waals surface area contributed by atoms with Crippen molar-refractivity contribution in [2.45, 2.75) is 12.8 Å². The third kappa shape index (κ3) is 2.98. The fraction of sp³-hybridized carbons (Fsp3) is 0.308. The van der Waals surface area contributed by atoms with E-state index in [1.54, 1.807) is 0 Å². The molecule has 6 nitrogen and oxygen atoms in total. The van der Waals surface area contributed by atoms with Gasteiger partial charge in [0.1, 0.15) is 0 Å². The van der Waals surface area contributed by atoms with E-state index in [2.05, 4.69) is 41.1 Å². The highest BCUT2D eigenvalue weighted by atomic mass is 79.9. The van der Waals surface area contributed by atoms with Gasteiger partial charge in [0.05, 0.1) is 0 Å². The Morgan fingerprint density at radius 3 is 2.45 bits per heavy atom. The van der Waals surface area contributed by atoms with E-state index in [0.29, 0.717) is 11.9 Å². The van der Waals surface area contributed by atoms with Gasteiger partial charge >= 0.3 is 0 Å². The Labute approximate surface area is 125 Å². The van der Waals surface area contributed by atoms with Crippen LogP contribution in [0, 0.1) is 0 Å². The standard InChI is InChI=1S/C13H15BrN6/c14-9-3-5-10(6-4-9)16-12-17-11(15)18-13(19-12)20-7-1-2-8-20/h3-6H,1-2,7-8H2,(H3,15,16,17,18,19). The first kappa shape index (κ1) is 13.1. The van der Waals surface area contributed by atoms with Crippen molar-refractivity contribution in [1.82, 2.24) is 15.0 Å². The highest BCUT2D eigenvalue weighted by Gasteiger charge is 2.16. The number of nitrogen functional groups attached to an aromatic ring is 1. The molecule has 0 atom stereocenters. The predicted molar refractivity (Wildman–Crippen MR) is 83.1 cm³/mol. The summed E-state index contributed by atoms with van der Waals surface area (Å²) in [6, 6.07) is 7.79. The van der Waals surface area contributed by atoms with Gasteiger partial charge in [-0.25, -0.2) is 0 Å². The number of benzene rings is 1. The molecule has 1 aromatic carbocycles. The molecule has 104 valence electrons. The highest BCUT2D eigenvalue weighted by Crippen LogP contribution is 2.21. The molecule has 0 bridgehead atoms. The van der Waals surface area contributed by atoms with E-state index in [4.69, 9.17) is 5.73 Å². The maximum atomic E-state index is 5.77. The number of hydrogen-bond donors (Lipinski definition) is 2. The number of nitrogens with zero attached hydrogens (tertiary/aromatic N) is 4. The summed E-state index contributed by atoms with van der Waals surface area (Å²) in [5.74, 6) is 1.36. The lowest BCUT2D eigenvalue weighted by Gasteiger charge is -2.16. The molecule has 0 spiro atoms. The summed E-state index contributed by atoms with van der Waals surface area (Å²) >= 11 is 3.40. The quantitative estimate of drug-likeness (QED) is 0.897. The number of anilines is 4. The lowest BCUT2D eigenvalue weighted by atomic mass is 10.3. The number of rotatable bonds is 3. The molecule has 2 heterocycles. The van der Waals surface area contributed by atoms with Crippen molar-refractivity contribution in [3.8, 4) is 0 Å². The summed E-state index contributed by atoms with van der Waals surface area (Å²) in [5.41, 5.74) is 6.68. The van der Waals surface area contributed by atoms with Crippen LogP contribution in [0.1, 0.15) is 12.8 Å². The molecule has 1 aromatic heterocycles. The number of aromatic nitrogens is 3. The Kier molecular flexibility index (Phi) is 3.68. The number of nitrogens with one attached hydrogen (secondary N) is 1. The molecule has 3 N–H and O–H groups in total. The van der Waals surface area contributed by atoms with E-state index < -0.39 is 0 Å². The van der Waals surface area contributed by atoms with Gasteiger partial charge in [-0.1, -0.05) is 15.9 Å². The van der Waals surface area contributed by atoms with Gasteiger partial charge < -0.3 is 16.0 Å². The van der Waals surface area contributed by atoms with Crippen LogP contribution in [0.2, 0.25) is 0 Å². The monoisotopic (exact) mass is 334 g/mol. The van der Waals surface area contributed by atoms with Crippen LogP contribution in [-0.4, -0.2) is 28.0 Å². The van der Waals surface area contributed by atoms with Crippen LogP contribution >= 0.6 is 15.9 Å². The summed E-state index contributed by atoms with van der Waals surface area (Å²) in [5, 5.41) is 3.15. The molecule has 0 saturated carbocycles. The summed E-state index contributed by atoms with van der Waals surface area (Å²) in [7, 11) is 0. The number of halogens is 1. The predicted octanol–water partition coefficient (Wildman–Crippen LogP) is 2.56. The molecular formula is C13H15BrN6. The maximum absolute atomic E-state index is 5.77. The minimum atomic E-state index is 0.238. The zero-order valence-electron chi connectivity index (χ0n) is 10.9. The van der Waals surface area contributed by atoms with E-state index in [9.17, 15) is 0 Å². The lowest BCUT2D eigenvalue weighted by molar-refractivity contribution is 0.887. The van der Waals surface area contributed by atoms with Crippen molar-refractivity contribution in [2.75, 3.05) is 29.0 Å².